The molecule has 0 bridgehead atoms. The standard InChI is InChI=1S/C34H33F2NO7/c1-40-29-19-24-26(20-30(29)43-15-11-33(41-2)42-3)37-14-10-27(24)44-28-9-6-22(16-25(28)36)18-32(39)34(12-13-34)31(38)17-21-4-7-23(35)8-5-21/h4-10,14,16,19-20,33H,11-13,15,17-18H2,1-3H3. The Kier molecular flexibility index (Phi) is 9.51. The molecule has 0 saturated heterocycles. The molecule has 1 aliphatic carbocycles. The zero-order chi connectivity index (χ0) is 31.3. The van der Waals surface area contributed by atoms with E-state index in [4.69, 9.17) is 23.7 Å². The van der Waals surface area contributed by atoms with Gasteiger partial charge in [0.2, 0.25) is 0 Å². The zero-order valence-corrected chi connectivity index (χ0v) is 24.7. The second-order valence-corrected chi connectivity index (χ2v) is 10.6. The predicted molar refractivity (Wildman–Crippen MR) is 158 cm³/mol. The smallest absolute Gasteiger partial charge is 0.166 e. The Balaban J connectivity index is 1.27. The monoisotopic (exact) mass is 605 g/mol. The number of halogens is 2. The minimum Gasteiger partial charge on any atom is -0.493 e. The van der Waals surface area contributed by atoms with Gasteiger partial charge in [-0.05, 0) is 60.4 Å². The molecule has 1 fully saturated rings. The summed E-state index contributed by atoms with van der Waals surface area (Å²) in [6, 6.07) is 15.0. The Bertz CT molecular complexity index is 1650. The molecule has 4 aromatic rings. The highest BCUT2D eigenvalue weighted by Crippen LogP contribution is 2.49. The van der Waals surface area contributed by atoms with Crippen molar-refractivity contribution in [2.24, 2.45) is 5.41 Å². The molecule has 3 aromatic carbocycles. The molecule has 230 valence electrons. The molecule has 10 heteroatoms. The van der Waals surface area contributed by atoms with Gasteiger partial charge in [-0.25, -0.2) is 8.78 Å². The third kappa shape index (κ3) is 6.87. The van der Waals surface area contributed by atoms with Gasteiger partial charge in [-0.3, -0.25) is 14.6 Å². The highest BCUT2D eigenvalue weighted by atomic mass is 19.1. The van der Waals surface area contributed by atoms with E-state index in [9.17, 15) is 14.0 Å². The molecule has 0 unspecified atom stereocenters. The van der Waals surface area contributed by atoms with Crippen molar-refractivity contribution in [3.8, 4) is 23.0 Å². The summed E-state index contributed by atoms with van der Waals surface area (Å²) in [4.78, 5) is 30.5. The van der Waals surface area contributed by atoms with Crippen LogP contribution in [0, 0.1) is 17.0 Å². The first kappa shape index (κ1) is 31.0. The average molecular weight is 606 g/mol. The van der Waals surface area contributed by atoms with Gasteiger partial charge >= 0.3 is 0 Å². The summed E-state index contributed by atoms with van der Waals surface area (Å²) in [5.41, 5.74) is 0.576. The maximum absolute atomic E-state index is 15.2. The minimum absolute atomic E-state index is 0.0355. The van der Waals surface area contributed by atoms with Crippen LogP contribution < -0.4 is 14.2 Å². The van der Waals surface area contributed by atoms with Crippen LogP contribution in [0.15, 0.2) is 66.9 Å². The molecule has 0 radical (unpaired) electrons. The first-order valence-corrected chi connectivity index (χ1v) is 14.2. The molecular weight excluding hydrogens is 572 g/mol. The lowest BCUT2D eigenvalue weighted by molar-refractivity contribution is -0.133. The van der Waals surface area contributed by atoms with E-state index in [1.165, 1.54) is 31.4 Å². The van der Waals surface area contributed by atoms with Gasteiger partial charge in [0, 0.05) is 51.1 Å². The number of hydrogen-bond donors (Lipinski definition) is 0. The third-order valence-corrected chi connectivity index (χ3v) is 7.80. The molecule has 5 rings (SSSR count). The van der Waals surface area contributed by atoms with Gasteiger partial charge in [-0.1, -0.05) is 18.2 Å². The van der Waals surface area contributed by atoms with E-state index in [0.29, 0.717) is 65.1 Å². The summed E-state index contributed by atoms with van der Waals surface area (Å²) < 4.78 is 56.2. The van der Waals surface area contributed by atoms with Crippen molar-refractivity contribution in [1.29, 1.82) is 0 Å². The molecule has 0 aliphatic heterocycles. The predicted octanol–water partition coefficient (Wildman–Crippen LogP) is 6.41. The number of nitrogens with zero attached hydrogens (tertiary/aromatic N) is 1. The van der Waals surface area contributed by atoms with Crippen LogP contribution in [0.5, 0.6) is 23.0 Å². The number of carbonyl (C=O) groups excluding carboxylic acids is 2. The lowest BCUT2D eigenvalue weighted by Crippen LogP contribution is -2.28. The number of hydrogen-bond acceptors (Lipinski definition) is 8. The third-order valence-electron chi connectivity index (χ3n) is 7.80. The van der Waals surface area contributed by atoms with E-state index >= 15 is 4.39 Å². The van der Waals surface area contributed by atoms with Crippen LogP contribution in [0.2, 0.25) is 0 Å². The molecule has 1 aromatic heterocycles. The van der Waals surface area contributed by atoms with E-state index in [0.717, 1.165) is 0 Å². The Morgan fingerprint density at radius 1 is 0.818 bits per heavy atom. The van der Waals surface area contributed by atoms with Crippen molar-refractivity contribution in [3.05, 3.63) is 89.6 Å². The average Bonchev–Trinajstić information content (AvgIpc) is 3.84. The highest BCUT2D eigenvalue weighted by molar-refractivity contribution is 6.11. The van der Waals surface area contributed by atoms with Gasteiger partial charge in [0.1, 0.15) is 11.6 Å². The fourth-order valence-electron chi connectivity index (χ4n) is 5.09. The van der Waals surface area contributed by atoms with Crippen molar-refractivity contribution in [2.75, 3.05) is 27.9 Å². The van der Waals surface area contributed by atoms with E-state index in [2.05, 4.69) is 4.98 Å². The molecule has 1 heterocycles. The van der Waals surface area contributed by atoms with E-state index in [-0.39, 0.29) is 36.0 Å². The van der Waals surface area contributed by atoms with Crippen molar-refractivity contribution in [2.45, 2.75) is 38.4 Å². The van der Waals surface area contributed by atoms with Crippen LogP contribution in [0.4, 0.5) is 8.78 Å². The maximum Gasteiger partial charge on any atom is 0.166 e. The second-order valence-electron chi connectivity index (χ2n) is 10.6. The van der Waals surface area contributed by atoms with E-state index in [1.807, 2.05) is 0 Å². The van der Waals surface area contributed by atoms with Crippen molar-refractivity contribution in [3.63, 3.8) is 0 Å². The van der Waals surface area contributed by atoms with Crippen LogP contribution >= 0.6 is 0 Å². The quantitative estimate of drug-likeness (QED) is 0.113. The van der Waals surface area contributed by atoms with Crippen molar-refractivity contribution >= 4 is 22.5 Å². The first-order chi connectivity index (χ1) is 21.3. The van der Waals surface area contributed by atoms with Gasteiger partial charge in [-0.2, -0.15) is 0 Å². The minimum atomic E-state index is -1.06. The number of carbonyl (C=O) groups is 2. The molecular formula is C34H33F2NO7. The summed E-state index contributed by atoms with van der Waals surface area (Å²) in [6.07, 6.45) is 2.53. The maximum atomic E-state index is 15.2. The van der Waals surface area contributed by atoms with Crippen molar-refractivity contribution < 1.29 is 42.1 Å². The van der Waals surface area contributed by atoms with Gasteiger partial charge in [0.25, 0.3) is 0 Å². The topological polar surface area (TPSA) is 93.2 Å². The summed E-state index contributed by atoms with van der Waals surface area (Å²) in [5.74, 6) is -0.254. The molecule has 8 nitrogen and oxygen atoms in total. The number of aromatic nitrogens is 1. The Labute approximate surface area is 253 Å². The van der Waals surface area contributed by atoms with Crippen LogP contribution in [0.25, 0.3) is 10.9 Å². The van der Waals surface area contributed by atoms with Crippen molar-refractivity contribution in [1.82, 2.24) is 4.98 Å². The number of Topliss-reactive ketones (excluding diaryl/α,β-unsaturated/α-hetero) is 2. The van der Waals surface area contributed by atoms with Crippen LogP contribution in [0.1, 0.15) is 30.4 Å². The van der Waals surface area contributed by atoms with Crippen LogP contribution in [-0.4, -0.2) is 50.8 Å². The van der Waals surface area contributed by atoms with Gasteiger partial charge in [-0.15, -0.1) is 0 Å². The summed E-state index contributed by atoms with van der Waals surface area (Å²) in [7, 11) is 4.62. The molecule has 44 heavy (non-hydrogen) atoms. The second kappa shape index (κ2) is 13.5. The molecule has 1 aliphatic rings. The molecule has 0 N–H and O–H groups in total. The normalized spacial score (nSPS) is 13.6. The number of methoxy groups -OCH3 is 3. The van der Waals surface area contributed by atoms with Crippen LogP contribution in [0.3, 0.4) is 0 Å². The fraction of sp³-hybridized carbons (Fsp3) is 0.324. The molecule has 0 atom stereocenters. The fourth-order valence-corrected chi connectivity index (χ4v) is 5.09. The lowest BCUT2D eigenvalue weighted by atomic mass is 9.88. The SMILES string of the molecule is COc1cc2c(Oc3ccc(CC(=O)C4(C(=O)Cc5ccc(F)cc5)CC4)cc3F)ccnc2cc1OCCC(OC)OC. The summed E-state index contributed by atoms with van der Waals surface area (Å²) in [6.45, 7) is 0.313. The largest absolute Gasteiger partial charge is 0.493 e. The number of ketones is 2. The Hall–Kier alpha value is -4.41. The Morgan fingerprint density at radius 2 is 1.50 bits per heavy atom. The first-order valence-electron chi connectivity index (χ1n) is 14.2. The number of benzene rings is 3. The molecule has 0 spiro atoms. The lowest BCUT2D eigenvalue weighted by Gasteiger charge is -2.16. The number of pyridine rings is 1. The van der Waals surface area contributed by atoms with Gasteiger partial charge in [0.05, 0.1) is 24.6 Å². The van der Waals surface area contributed by atoms with E-state index < -0.39 is 17.5 Å². The highest BCUT2D eigenvalue weighted by Gasteiger charge is 2.54. The van der Waals surface area contributed by atoms with Gasteiger partial charge in [0.15, 0.2) is 40.9 Å². The van der Waals surface area contributed by atoms with Crippen LogP contribution in [-0.2, 0) is 31.9 Å². The van der Waals surface area contributed by atoms with E-state index in [1.54, 1.807) is 56.8 Å². The molecule has 0 amide bonds. The van der Waals surface area contributed by atoms with Gasteiger partial charge < -0.3 is 23.7 Å². The number of fused-ring (bicyclic) bond motifs is 1. The molecule has 1 saturated carbocycles. The number of rotatable bonds is 15. The summed E-state index contributed by atoms with van der Waals surface area (Å²) in [5, 5.41) is 0.581. The zero-order valence-electron chi connectivity index (χ0n) is 24.7. The Morgan fingerprint density at radius 3 is 2.14 bits per heavy atom. The summed E-state index contributed by atoms with van der Waals surface area (Å²) >= 11 is 0. The number of ether oxygens (including phenoxy) is 5.